The third kappa shape index (κ3) is 5.57. The van der Waals surface area contributed by atoms with Gasteiger partial charge in [0.15, 0.2) is 5.13 Å². The van der Waals surface area contributed by atoms with E-state index < -0.39 is 6.04 Å². The van der Waals surface area contributed by atoms with Crippen LogP contribution >= 0.6 is 34.0 Å². The lowest BCUT2D eigenvalue weighted by atomic mass is 10.0. The van der Waals surface area contributed by atoms with Crippen LogP contribution in [-0.2, 0) is 4.79 Å². The Morgan fingerprint density at radius 3 is 2.11 bits per heavy atom. The van der Waals surface area contributed by atoms with Crippen LogP contribution in [0, 0.1) is 0 Å². The van der Waals surface area contributed by atoms with Crippen LogP contribution in [0.4, 0.5) is 5.13 Å². The molecule has 0 aliphatic heterocycles. The molecule has 5 nitrogen and oxygen atoms in total. The Kier molecular flexibility index (Phi) is 7.13. The quantitative estimate of drug-likeness (QED) is 0.232. The number of hydrogen-bond acceptors (Lipinski definition) is 6. The number of amides is 2. The number of hydrogen-bond donors (Lipinski definition) is 2. The predicted octanol–water partition coefficient (Wildman–Crippen LogP) is 7.10. The minimum atomic E-state index is -0.475. The molecule has 0 saturated heterocycles. The summed E-state index contributed by atoms with van der Waals surface area (Å²) in [6.07, 6.45) is 0.0881. The van der Waals surface area contributed by atoms with Crippen LogP contribution in [0.3, 0.4) is 0 Å². The lowest BCUT2D eigenvalue weighted by Crippen LogP contribution is -2.31. The number of thiophene rings is 2. The zero-order valence-electron chi connectivity index (χ0n) is 18.5. The second kappa shape index (κ2) is 10.8. The Labute approximate surface area is 215 Å². The van der Waals surface area contributed by atoms with Crippen molar-refractivity contribution in [1.82, 2.24) is 10.3 Å². The zero-order valence-corrected chi connectivity index (χ0v) is 21.0. The van der Waals surface area contributed by atoms with E-state index in [-0.39, 0.29) is 18.2 Å². The Bertz CT molecular complexity index is 1350. The molecule has 3 aromatic heterocycles. The number of nitrogens with zero attached hydrogens (tertiary/aromatic N) is 1. The minimum absolute atomic E-state index is 0.0881. The maximum Gasteiger partial charge on any atom is 0.251 e. The van der Waals surface area contributed by atoms with Gasteiger partial charge >= 0.3 is 0 Å². The van der Waals surface area contributed by atoms with Crippen LogP contribution in [0.25, 0.3) is 20.3 Å². The van der Waals surface area contributed by atoms with Crippen LogP contribution in [0.5, 0.6) is 0 Å². The monoisotopic (exact) mass is 515 g/mol. The van der Waals surface area contributed by atoms with E-state index in [1.807, 2.05) is 77.5 Å². The summed E-state index contributed by atoms with van der Waals surface area (Å²) in [5.74, 6) is -0.433. The topological polar surface area (TPSA) is 71.1 Å². The molecule has 0 aliphatic carbocycles. The van der Waals surface area contributed by atoms with Crippen LogP contribution in [0.2, 0.25) is 0 Å². The van der Waals surface area contributed by atoms with E-state index in [4.69, 9.17) is 4.98 Å². The van der Waals surface area contributed by atoms with Crippen molar-refractivity contribution >= 4 is 51.0 Å². The highest BCUT2D eigenvalue weighted by atomic mass is 32.1. The van der Waals surface area contributed by atoms with Crippen molar-refractivity contribution in [3.05, 3.63) is 107 Å². The number of thiazole rings is 1. The van der Waals surface area contributed by atoms with E-state index in [0.717, 1.165) is 25.9 Å². The summed E-state index contributed by atoms with van der Waals surface area (Å²) in [7, 11) is 0. The van der Waals surface area contributed by atoms with Crippen molar-refractivity contribution in [2.45, 2.75) is 12.5 Å². The Balaban J connectivity index is 1.36. The van der Waals surface area contributed by atoms with Gasteiger partial charge in [-0.1, -0.05) is 72.0 Å². The Morgan fingerprint density at radius 1 is 0.800 bits per heavy atom. The van der Waals surface area contributed by atoms with Crippen molar-refractivity contribution in [3.63, 3.8) is 0 Å². The molecule has 0 radical (unpaired) electrons. The summed E-state index contributed by atoms with van der Waals surface area (Å²) >= 11 is 4.73. The highest BCUT2D eigenvalue weighted by Gasteiger charge is 2.22. The molecular formula is C27H21N3O2S3. The molecule has 1 atom stereocenters. The smallest absolute Gasteiger partial charge is 0.251 e. The van der Waals surface area contributed by atoms with Gasteiger partial charge in [0.25, 0.3) is 5.91 Å². The molecule has 0 bridgehead atoms. The van der Waals surface area contributed by atoms with E-state index in [2.05, 4.69) is 16.7 Å². The predicted molar refractivity (Wildman–Crippen MR) is 145 cm³/mol. The van der Waals surface area contributed by atoms with Gasteiger partial charge in [-0.15, -0.1) is 22.7 Å². The van der Waals surface area contributed by atoms with Crippen LogP contribution in [-0.4, -0.2) is 16.8 Å². The van der Waals surface area contributed by atoms with Gasteiger partial charge in [0.05, 0.1) is 22.2 Å². The van der Waals surface area contributed by atoms with Crippen molar-refractivity contribution < 1.29 is 9.59 Å². The van der Waals surface area contributed by atoms with Gasteiger partial charge in [-0.2, -0.15) is 0 Å². The summed E-state index contributed by atoms with van der Waals surface area (Å²) in [5.41, 5.74) is 2.29. The molecular weight excluding hydrogens is 495 g/mol. The molecule has 174 valence electrons. The number of nitrogens with one attached hydrogen (secondary N) is 2. The molecule has 0 spiro atoms. The molecule has 5 aromatic rings. The van der Waals surface area contributed by atoms with Crippen LogP contribution in [0.15, 0.2) is 95.7 Å². The summed E-state index contributed by atoms with van der Waals surface area (Å²) in [6.45, 7) is 0. The number of carbonyl (C=O) groups excluding carboxylic acids is 2. The van der Waals surface area contributed by atoms with E-state index in [9.17, 15) is 9.59 Å². The summed E-state index contributed by atoms with van der Waals surface area (Å²) in [5, 5.41) is 10.6. The molecule has 0 fully saturated rings. The molecule has 3 heterocycles. The maximum absolute atomic E-state index is 13.1. The summed E-state index contributed by atoms with van der Waals surface area (Å²) < 4.78 is 0. The number of aromatic nitrogens is 1. The molecule has 5 rings (SSSR count). The summed E-state index contributed by atoms with van der Waals surface area (Å²) in [4.78, 5) is 33.9. The SMILES string of the molecule is O=C(C[C@H](NC(=O)c1ccccc1)c1ccccc1)Nc1nc(-c2cccs2)c(-c2cccs2)s1. The normalized spacial score (nSPS) is 11.7. The first-order valence-electron chi connectivity index (χ1n) is 11.0. The van der Waals surface area contributed by atoms with Crippen LogP contribution < -0.4 is 10.6 Å². The lowest BCUT2D eigenvalue weighted by Gasteiger charge is -2.19. The number of rotatable bonds is 8. The average Bonchev–Trinajstić information content (AvgIpc) is 3.66. The largest absolute Gasteiger partial charge is 0.345 e. The van der Waals surface area contributed by atoms with Crippen molar-refractivity contribution in [1.29, 1.82) is 0 Å². The summed E-state index contributed by atoms with van der Waals surface area (Å²) in [6, 6.07) is 26.2. The van der Waals surface area contributed by atoms with E-state index in [1.165, 1.54) is 11.3 Å². The fourth-order valence-electron chi connectivity index (χ4n) is 3.65. The Morgan fingerprint density at radius 2 is 1.46 bits per heavy atom. The van der Waals surface area contributed by atoms with Gasteiger partial charge < -0.3 is 10.6 Å². The first-order valence-corrected chi connectivity index (χ1v) is 13.5. The Hall–Kier alpha value is -3.59. The lowest BCUT2D eigenvalue weighted by molar-refractivity contribution is -0.116. The van der Waals surface area contributed by atoms with Crippen molar-refractivity contribution in [2.24, 2.45) is 0 Å². The molecule has 35 heavy (non-hydrogen) atoms. The van der Waals surface area contributed by atoms with E-state index in [1.54, 1.807) is 34.8 Å². The van der Waals surface area contributed by atoms with Gasteiger partial charge in [0.2, 0.25) is 5.91 Å². The standard InChI is InChI=1S/C27H21N3O2S3/c31-23(17-20(18-9-3-1-4-10-18)28-26(32)19-11-5-2-6-12-19)29-27-30-24(21-13-7-15-33-21)25(35-27)22-14-8-16-34-22/h1-16,20H,17H2,(H,28,32)(H,29,30,31)/t20-/m0/s1. The highest BCUT2D eigenvalue weighted by Crippen LogP contribution is 2.42. The minimum Gasteiger partial charge on any atom is -0.345 e. The number of benzene rings is 2. The second-order valence-electron chi connectivity index (χ2n) is 7.71. The van der Waals surface area contributed by atoms with Gasteiger partial charge in [-0.25, -0.2) is 4.98 Å². The first-order chi connectivity index (χ1) is 17.2. The molecule has 0 unspecified atom stereocenters. The van der Waals surface area contributed by atoms with Crippen LogP contribution in [0.1, 0.15) is 28.4 Å². The average molecular weight is 516 g/mol. The fourth-order valence-corrected chi connectivity index (χ4v) is 6.29. The van der Waals surface area contributed by atoms with Gasteiger partial charge in [0.1, 0.15) is 5.69 Å². The van der Waals surface area contributed by atoms with E-state index in [0.29, 0.717) is 10.7 Å². The molecule has 0 saturated carbocycles. The maximum atomic E-state index is 13.1. The fraction of sp³-hybridized carbons (Fsp3) is 0.0741. The highest BCUT2D eigenvalue weighted by molar-refractivity contribution is 7.24. The van der Waals surface area contributed by atoms with Crippen molar-refractivity contribution in [3.8, 4) is 20.3 Å². The zero-order chi connectivity index (χ0) is 24.0. The number of anilines is 1. The molecule has 2 N–H and O–H groups in total. The van der Waals surface area contributed by atoms with Gasteiger partial charge in [0, 0.05) is 10.4 Å². The second-order valence-corrected chi connectivity index (χ2v) is 10.6. The molecule has 2 amide bonds. The molecule has 0 aliphatic rings. The number of carbonyl (C=O) groups is 2. The van der Waals surface area contributed by atoms with Crippen molar-refractivity contribution in [2.75, 3.05) is 5.32 Å². The van der Waals surface area contributed by atoms with Gasteiger partial charge in [-0.3, -0.25) is 9.59 Å². The first kappa shape index (κ1) is 23.2. The molecule has 8 heteroatoms. The van der Waals surface area contributed by atoms with E-state index >= 15 is 0 Å². The third-order valence-corrected chi connectivity index (χ3v) is 8.20. The molecule has 2 aromatic carbocycles. The third-order valence-electron chi connectivity index (χ3n) is 5.31. The van der Waals surface area contributed by atoms with Gasteiger partial charge in [-0.05, 0) is 40.6 Å².